The summed E-state index contributed by atoms with van der Waals surface area (Å²) in [4.78, 5) is 10.7. The second-order valence-electron chi connectivity index (χ2n) is 14.5. The lowest BCUT2D eigenvalue weighted by atomic mass is 9.93. The van der Waals surface area contributed by atoms with Gasteiger partial charge in [0, 0.05) is 38.7 Å². The summed E-state index contributed by atoms with van der Waals surface area (Å²) in [6.07, 6.45) is 8.66. The van der Waals surface area contributed by atoms with Crippen molar-refractivity contribution in [2.75, 3.05) is 0 Å². The van der Waals surface area contributed by atoms with Crippen molar-refractivity contribution in [3.05, 3.63) is 193 Å². The molecule has 0 radical (unpaired) electrons. The highest BCUT2D eigenvalue weighted by atomic mass is 15.0. The van der Waals surface area contributed by atoms with Gasteiger partial charge in [0.1, 0.15) is 0 Å². The Kier molecular flexibility index (Phi) is 7.31. The quantitative estimate of drug-likeness (QED) is 0.167. The van der Waals surface area contributed by atoms with Crippen molar-refractivity contribution in [2.45, 2.75) is 12.8 Å². The van der Waals surface area contributed by atoms with Crippen LogP contribution in [0.15, 0.2) is 182 Å². The van der Waals surface area contributed by atoms with Crippen molar-refractivity contribution in [1.82, 2.24) is 14.5 Å². The van der Waals surface area contributed by atoms with Crippen LogP contribution in [0.3, 0.4) is 0 Å². The van der Waals surface area contributed by atoms with E-state index >= 15 is 0 Å². The van der Waals surface area contributed by atoms with Crippen LogP contribution in [-0.2, 0) is 6.42 Å². The lowest BCUT2D eigenvalue weighted by Crippen LogP contribution is -2.02. The van der Waals surface area contributed by atoms with Crippen molar-refractivity contribution >= 4 is 49.6 Å². The average Bonchev–Trinajstić information content (AvgIpc) is 3.60. The Morgan fingerprint density at radius 2 is 1.00 bits per heavy atom. The Labute approximate surface area is 319 Å². The normalized spacial score (nSPS) is 12.5. The van der Waals surface area contributed by atoms with Gasteiger partial charge in [-0.1, -0.05) is 140 Å². The molecule has 0 saturated carbocycles. The van der Waals surface area contributed by atoms with Crippen molar-refractivity contribution in [3.63, 3.8) is 0 Å². The van der Waals surface area contributed by atoms with E-state index in [1.165, 1.54) is 60.9 Å². The molecule has 3 heteroatoms. The van der Waals surface area contributed by atoms with Crippen LogP contribution in [0.4, 0.5) is 0 Å². The van der Waals surface area contributed by atoms with E-state index in [4.69, 9.17) is 9.97 Å². The molecule has 1 aliphatic rings. The molecule has 0 amide bonds. The first-order valence-electron chi connectivity index (χ1n) is 19.0. The third-order valence-electron chi connectivity index (χ3n) is 11.3. The number of nitrogens with zero attached hydrogens (tertiary/aromatic N) is 3. The summed E-state index contributed by atoms with van der Waals surface area (Å²) in [6, 6.07) is 61.1. The van der Waals surface area contributed by atoms with E-state index in [0.29, 0.717) is 0 Å². The van der Waals surface area contributed by atoms with Crippen molar-refractivity contribution < 1.29 is 0 Å². The van der Waals surface area contributed by atoms with Crippen LogP contribution >= 0.6 is 0 Å². The third-order valence-corrected chi connectivity index (χ3v) is 11.3. The van der Waals surface area contributed by atoms with E-state index in [1.807, 2.05) is 6.20 Å². The van der Waals surface area contributed by atoms with Gasteiger partial charge in [-0.15, -0.1) is 0 Å². The Morgan fingerprint density at radius 1 is 0.436 bits per heavy atom. The lowest BCUT2D eigenvalue weighted by molar-refractivity contribution is 0.888. The Morgan fingerprint density at radius 3 is 1.71 bits per heavy atom. The first-order valence-corrected chi connectivity index (χ1v) is 19.0. The molecule has 2 heterocycles. The number of hydrogen-bond donors (Lipinski definition) is 0. The second-order valence-corrected chi connectivity index (χ2v) is 14.5. The number of aromatic nitrogens is 3. The molecule has 0 atom stereocenters. The molecule has 0 spiro atoms. The topological polar surface area (TPSA) is 30.7 Å². The van der Waals surface area contributed by atoms with Crippen LogP contribution in [0.2, 0.25) is 0 Å². The summed E-state index contributed by atoms with van der Waals surface area (Å²) in [5, 5.41) is 5.85. The molecular formula is C52H35N3. The molecule has 1 aliphatic carbocycles. The maximum atomic E-state index is 5.47. The van der Waals surface area contributed by atoms with Gasteiger partial charge in [-0.3, -0.25) is 4.98 Å². The fraction of sp³-hybridized carbons (Fsp3) is 0.0385. The Bertz CT molecular complexity index is 3120. The molecule has 10 aromatic rings. The zero-order valence-electron chi connectivity index (χ0n) is 30.2. The largest absolute Gasteiger partial charge is 0.313 e. The van der Waals surface area contributed by atoms with E-state index in [-0.39, 0.29) is 0 Å². The minimum absolute atomic E-state index is 0.857. The summed E-state index contributed by atoms with van der Waals surface area (Å²) in [7, 11) is 0. The lowest BCUT2D eigenvalue weighted by Gasteiger charge is -2.14. The first-order chi connectivity index (χ1) is 27.3. The highest BCUT2D eigenvalue weighted by Gasteiger charge is 2.20. The second kappa shape index (κ2) is 12.8. The number of rotatable bonds is 5. The van der Waals surface area contributed by atoms with Crippen molar-refractivity contribution in [1.29, 1.82) is 0 Å². The van der Waals surface area contributed by atoms with Crippen molar-refractivity contribution in [2.24, 2.45) is 0 Å². The molecule has 0 saturated heterocycles. The highest BCUT2D eigenvalue weighted by molar-refractivity contribution is 6.24. The highest BCUT2D eigenvalue weighted by Crippen LogP contribution is 2.40. The van der Waals surface area contributed by atoms with Crippen LogP contribution in [0, 0.1) is 0 Å². The minimum Gasteiger partial charge on any atom is -0.313 e. The summed E-state index contributed by atoms with van der Waals surface area (Å²) in [6.45, 7) is 0. The van der Waals surface area contributed by atoms with Gasteiger partial charge in [-0.05, 0) is 99.5 Å². The maximum Gasteiger partial charge on any atom is 0.0979 e. The molecule has 0 unspecified atom stereocenters. The zero-order chi connectivity index (χ0) is 36.3. The average molecular weight is 702 g/mol. The first kappa shape index (κ1) is 31.4. The van der Waals surface area contributed by atoms with Gasteiger partial charge in [-0.25, -0.2) is 4.98 Å². The van der Waals surface area contributed by atoms with Gasteiger partial charge in [0.2, 0.25) is 0 Å². The smallest absolute Gasteiger partial charge is 0.0979 e. The molecule has 0 fully saturated rings. The van der Waals surface area contributed by atoms with Gasteiger partial charge in [-0.2, -0.15) is 0 Å². The standard InChI is InChI=1S/C52H35N3/c1-4-13-34(14-5-1)37-23-26-42-43-27-24-38(35-15-6-2-7-16-35)32-47(43)52-51(46(42)31-37)53-33-48(54-52)40-18-12-17-36(29-40)39-25-28-50-45(30-39)44-21-10-11-22-49(44)55(50)41-19-8-3-9-20-41/h1-10,12-21,23-33H,11,22H2. The molecule has 11 rings (SSSR count). The summed E-state index contributed by atoms with van der Waals surface area (Å²) >= 11 is 0. The fourth-order valence-electron chi connectivity index (χ4n) is 8.61. The Balaban J connectivity index is 1.08. The number of fused-ring (bicyclic) bond motifs is 9. The molecule has 0 aliphatic heterocycles. The Hall–Kier alpha value is -7.10. The van der Waals surface area contributed by atoms with E-state index in [9.17, 15) is 0 Å². The number of hydrogen-bond acceptors (Lipinski definition) is 2. The number of para-hydroxylation sites is 1. The van der Waals surface area contributed by atoms with E-state index in [1.54, 1.807) is 0 Å². The monoisotopic (exact) mass is 701 g/mol. The third kappa shape index (κ3) is 5.27. The number of benzene rings is 8. The van der Waals surface area contributed by atoms with Crippen LogP contribution < -0.4 is 0 Å². The minimum atomic E-state index is 0.857. The molecule has 3 nitrogen and oxygen atoms in total. The van der Waals surface area contributed by atoms with Crippen molar-refractivity contribution in [3.8, 4) is 50.3 Å². The summed E-state index contributed by atoms with van der Waals surface area (Å²) < 4.78 is 2.44. The van der Waals surface area contributed by atoms with Gasteiger partial charge in [0.05, 0.1) is 28.4 Å². The SMILES string of the molecule is C1=Cc2c(n(-c3ccccc3)c3ccc(-c4cccc(-c5cnc6c7cc(-c8ccccc8)ccc7c7ccc(-c8ccccc8)cc7c6n5)c4)cc23)CC1. The van der Waals surface area contributed by atoms with Crippen LogP contribution in [0.5, 0.6) is 0 Å². The van der Waals surface area contributed by atoms with Crippen LogP contribution in [0.1, 0.15) is 17.7 Å². The zero-order valence-corrected chi connectivity index (χ0v) is 30.2. The van der Waals surface area contributed by atoms with E-state index < -0.39 is 0 Å². The van der Waals surface area contributed by atoms with E-state index in [2.05, 4.69) is 187 Å². The van der Waals surface area contributed by atoms with E-state index in [0.717, 1.165) is 57.0 Å². The predicted octanol–water partition coefficient (Wildman–Crippen LogP) is 13.5. The summed E-state index contributed by atoms with van der Waals surface area (Å²) in [5.41, 5.74) is 15.9. The van der Waals surface area contributed by atoms with Gasteiger partial charge in [0.15, 0.2) is 0 Å². The predicted molar refractivity (Wildman–Crippen MR) is 230 cm³/mol. The molecule has 55 heavy (non-hydrogen) atoms. The van der Waals surface area contributed by atoms with Gasteiger partial charge < -0.3 is 4.57 Å². The molecule has 0 bridgehead atoms. The maximum absolute atomic E-state index is 5.47. The van der Waals surface area contributed by atoms with Gasteiger partial charge in [0.25, 0.3) is 0 Å². The fourth-order valence-corrected chi connectivity index (χ4v) is 8.61. The summed E-state index contributed by atoms with van der Waals surface area (Å²) in [5.74, 6) is 0. The molecule has 258 valence electrons. The van der Waals surface area contributed by atoms with Gasteiger partial charge >= 0.3 is 0 Å². The molecule has 2 aromatic heterocycles. The van der Waals surface area contributed by atoms with Crippen LogP contribution in [-0.4, -0.2) is 14.5 Å². The number of allylic oxidation sites excluding steroid dienone is 1. The molecular weight excluding hydrogens is 667 g/mol. The molecule has 0 N–H and O–H groups in total. The molecule has 8 aromatic carbocycles. The van der Waals surface area contributed by atoms with Crippen LogP contribution in [0.25, 0.3) is 99.9 Å².